The van der Waals surface area contributed by atoms with Gasteiger partial charge in [-0.15, -0.1) is 0 Å². The lowest BCUT2D eigenvalue weighted by Gasteiger charge is -2.27. The van der Waals surface area contributed by atoms with E-state index in [1.165, 1.54) is 5.56 Å². The average Bonchev–Trinajstić information content (AvgIpc) is 3.54. The number of carbonyl (C=O) groups excluding carboxylic acids is 2. The number of anilines is 1. The Balaban J connectivity index is 1.04. The Morgan fingerprint density at radius 2 is 1.74 bits per heavy atom. The van der Waals surface area contributed by atoms with Gasteiger partial charge in [0.15, 0.2) is 0 Å². The number of aliphatic carboxylic acids is 1. The summed E-state index contributed by atoms with van der Waals surface area (Å²) in [4.78, 5) is 52.4. The molecule has 296 valence electrons. The molecular weight excluding hydrogens is 702 g/mol. The van der Waals surface area contributed by atoms with Crippen LogP contribution >= 0.6 is 0 Å². The Labute approximate surface area is 315 Å². The minimum absolute atomic E-state index is 0.128. The van der Waals surface area contributed by atoms with E-state index in [2.05, 4.69) is 37.8 Å². The van der Waals surface area contributed by atoms with Crippen LogP contribution in [-0.4, -0.2) is 142 Å². The van der Waals surface area contributed by atoms with Crippen LogP contribution in [0.15, 0.2) is 35.6 Å². The molecule has 4 heterocycles. The van der Waals surface area contributed by atoms with Crippen molar-refractivity contribution in [3.8, 4) is 5.88 Å². The Morgan fingerprint density at radius 1 is 0.981 bits per heavy atom. The topological polar surface area (TPSA) is 223 Å². The fourth-order valence-corrected chi connectivity index (χ4v) is 5.95. The van der Waals surface area contributed by atoms with Gasteiger partial charge in [-0.05, 0) is 54.8 Å². The van der Waals surface area contributed by atoms with Gasteiger partial charge in [0.2, 0.25) is 11.8 Å². The summed E-state index contributed by atoms with van der Waals surface area (Å²) in [5.74, 6) is 0.205. The summed E-state index contributed by atoms with van der Waals surface area (Å²) in [5.41, 5.74) is 11.0. The molecule has 4 rings (SSSR count). The van der Waals surface area contributed by atoms with Crippen LogP contribution in [0.4, 0.5) is 10.6 Å². The summed E-state index contributed by atoms with van der Waals surface area (Å²) in [5, 5.41) is 19.2. The molecule has 2 aliphatic heterocycles. The van der Waals surface area contributed by atoms with Gasteiger partial charge in [0.05, 0.1) is 71.9 Å². The van der Waals surface area contributed by atoms with E-state index in [0.29, 0.717) is 103 Å². The molecule has 2 aromatic heterocycles. The van der Waals surface area contributed by atoms with E-state index < -0.39 is 12.0 Å². The molecule has 18 nitrogen and oxygen atoms in total. The standard InChI is InChI=1S/C36H53N9O9/c37-43-41-13-19-51-21-23-53-25-24-52-22-20-50-18-10-32(46)38-12-3-17-54-33-9-7-29(27-40-33)31(26-34(47)48)45-16-15-44(36(45)49)14-2-5-30-8-6-28-4-1-11-39-35(28)42-30/h6-9,27,31H,1-5,10-26H2,(H,38,46)(H,39,42)(H,47,48). The van der Waals surface area contributed by atoms with Crippen LogP contribution in [0.25, 0.3) is 10.4 Å². The highest BCUT2D eigenvalue weighted by Gasteiger charge is 2.35. The van der Waals surface area contributed by atoms with E-state index in [-0.39, 0.29) is 31.4 Å². The lowest BCUT2D eigenvalue weighted by Crippen LogP contribution is -2.36. The van der Waals surface area contributed by atoms with Crippen molar-refractivity contribution >= 4 is 23.7 Å². The van der Waals surface area contributed by atoms with E-state index in [1.807, 2.05) is 0 Å². The van der Waals surface area contributed by atoms with Gasteiger partial charge >= 0.3 is 12.0 Å². The molecule has 1 unspecified atom stereocenters. The van der Waals surface area contributed by atoms with Crippen LogP contribution < -0.4 is 15.4 Å². The number of carboxylic acid groups (broad SMARTS) is 1. The van der Waals surface area contributed by atoms with Gasteiger partial charge in [-0.3, -0.25) is 9.59 Å². The molecule has 0 aromatic carbocycles. The monoisotopic (exact) mass is 755 g/mol. The number of amides is 3. The molecule has 18 heteroatoms. The molecule has 54 heavy (non-hydrogen) atoms. The van der Waals surface area contributed by atoms with E-state index in [4.69, 9.17) is 34.2 Å². The largest absolute Gasteiger partial charge is 0.481 e. The minimum atomic E-state index is -1.00. The summed E-state index contributed by atoms with van der Waals surface area (Å²) in [7, 11) is 0. The molecule has 0 saturated carbocycles. The van der Waals surface area contributed by atoms with Gasteiger partial charge in [-0.1, -0.05) is 17.2 Å². The summed E-state index contributed by atoms with van der Waals surface area (Å²) >= 11 is 0. The second-order valence-corrected chi connectivity index (χ2v) is 12.7. The molecule has 3 amide bonds. The van der Waals surface area contributed by atoms with Crippen molar-refractivity contribution in [3.63, 3.8) is 0 Å². The predicted octanol–water partition coefficient (Wildman–Crippen LogP) is 3.37. The third kappa shape index (κ3) is 15.3. The van der Waals surface area contributed by atoms with Gasteiger partial charge in [0.1, 0.15) is 5.82 Å². The van der Waals surface area contributed by atoms with Gasteiger partial charge in [0.25, 0.3) is 0 Å². The van der Waals surface area contributed by atoms with Crippen molar-refractivity contribution < 1.29 is 43.2 Å². The first kappa shape index (κ1) is 42.0. The van der Waals surface area contributed by atoms with Crippen molar-refractivity contribution in [2.24, 2.45) is 5.11 Å². The third-order valence-electron chi connectivity index (χ3n) is 8.71. The minimum Gasteiger partial charge on any atom is -0.481 e. The maximum atomic E-state index is 13.4. The number of hydrogen-bond acceptors (Lipinski definition) is 12. The normalized spacial score (nSPS) is 14.3. The number of carbonyl (C=O) groups is 3. The van der Waals surface area contributed by atoms with Crippen LogP contribution in [0.5, 0.6) is 5.88 Å². The number of hydrogen-bond donors (Lipinski definition) is 3. The molecule has 0 spiro atoms. The number of nitrogens with one attached hydrogen (secondary N) is 2. The summed E-state index contributed by atoms with van der Waals surface area (Å²) in [6.07, 6.45) is 5.78. The van der Waals surface area contributed by atoms with Crippen LogP contribution in [0.2, 0.25) is 0 Å². The highest BCUT2D eigenvalue weighted by molar-refractivity contribution is 5.78. The molecule has 2 aliphatic rings. The van der Waals surface area contributed by atoms with Gasteiger partial charge in [-0.2, -0.15) is 0 Å². The Bertz CT molecular complexity index is 1490. The summed E-state index contributed by atoms with van der Waals surface area (Å²) < 4.78 is 27.2. The van der Waals surface area contributed by atoms with Gasteiger partial charge in [0, 0.05) is 68.6 Å². The maximum Gasteiger partial charge on any atom is 0.320 e. The van der Waals surface area contributed by atoms with Crippen molar-refractivity contribution in [2.45, 2.75) is 51.0 Å². The van der Waals surface area contributed by atoms with Crippen LogP contribution in [0.3, 0.4) is 0 Å². The maximum absolute atomic E-state index is 13.4. The molecule has 0 aliphatic carbocycles. The zero-order chi connectivity index (χ0) is 38.2. The lowest BCUT2D eigenvalue weighted by atomic mass is 10.0. The SMILES string of the molecule is [N-]=[N+]=NCCOCCOCCOCCOCCC(=O)NCCCOc1ccc(C(CC(=O)O)N2CCN(CCCc3ccc4c(n3)NCCC4)C2=O)cn1. The summed E-state index contributed by atoms with van der Waals surface area (Å²) in [6, 6.07) is 6.78. The number of pyridine rings is 2. The van der Waals surface area contributed by atoms with Gasteiger partial charge in [-0.25, -0.2) is 14.8 Å². The van der Waals surface area contributed by atoms with Crippen LogP contribution in [0, 0.1) is 0 Å². The van der Waals surface area contributed by atoms with E-state index in [0.717, 1.165) is 43.7 Å². The first-order valence-corrected chi connectivity index (χ1v) is 18.6. The van der Waals surface area contributed by atoms with Crippen molar-refractivity contribution in [2.75, 3.05) is 104 Å². The number of fused-ring (bicyclic) bond motifs is 1. The average molecular weight is 756 g/mol. The number of carboxylic acids is 1. The molecule has 0 radical (unpaired) electrons. The highest BCUT2D eigenvalue weighted by Crippen LogP contribution is 2.29. The fraction of sp³-hybridized carbons (Fsp3) is 0.639. The number of nitrogens with zero attached hydrogens (tertiary/aromatic N) is 7. The Morgan fingerprint density at radius 3 is 2.46 bits per heavy atom. The van der Waals surface area contributed by atoms with E-state index in [1.54, 1.807) is 28.1 Å². The zero-order valence-corrected chi connectivity index (χ0v) is 30.9. The third-order valence-corrected chi connectivity index (χ3v) is 8.71. The fourth-order valence-electron chi connectivity index (χ4n) is 5.95. The number of azide groups is 1. The molecule has 0 bridgehead atoms. The molecule has 1 fully saturated rings. The van der Waals surface area contributed by atoms with E-state index >= 15 is 0 Å². The quantitative estimate of drug-likeness (QED) is 0.0492. The molecule has 1 saturated heterocycles. The highest BCUT2D eigenvalue weighted by atomic mass is 16.6. The molecule has 3 N–H and O–H groups in total. The second kappa shape index (κ2) is 24.6. The number of aryl methyl sites for hydroxylation is 2. The molecule has 2 aromatic rings. The van der Waals surface area contributed by atoms with Crippen molar-refractivity contribution in [3.05, 3.63) is 57.7 Å². The predicted molar refractivity (Wildman–Crippen MR) is 197 cm³/mol. The van der Waals surface area contributed by atoms with Crippen LogP contribution in [0.1, 0.15) is 55.0 Å². The number of aromatic nitrogens is 2. The van der Waals surface area contributed by atoms with Crippen molar-refractivity contribution in [1.29, 1.82) is 0 Å². The summed E-state index contributed by atoms with van der Waals surface area (Å²) in [6.45, 7) is 6.59. The number of urea groups is 1. The zero-order valence-electron chi connectivity index (χ0n) is 30.9. The van der Waals surface area contributed by atoms with Gasteiger partial charge < -0.3 is 49.2 Å². The first-order valence-electron chi connectivity index (χ1n) is 18.6. The molecule has 1 atom stereocenters. The smallest absolute Gasteiger partial charge is 0.320 e. The number of ether oxygens (including phenoxy) is 5. The lowest BCUT2D eigenvalue weighted by molar-refractivity contribution is -0.138. The first-order chi connectivity index (χ1) is 26.4. The number of rotatable bonds is 28. The van der Waals surface area contributed by atoms with Crippen molar-refractivity contribution in [1.82, 2.24) is 25.1 Å². The second-order valence-electron chi connectivity index (χ2n) is 12.7. The van der Waals surface area contributed by atoms with E-state index in [9.17, 15) is 19.5 Å². The molecular formula is C36H53N9O9. The Kier molecular flexibility index (Phi) is 19.1. The Hall–Kier alpha value is -4.74. The van der Waals surface area contributed by atoms with Crippen LogP contribution in [-0.2, 0) is 41.4 Å².